The van der Waals surface area contributed by atoms with Crippen LogP contribution in [-0.4, -0.2) is 50.5 Å². The van der Waals surface area contributed by atoms with Gasteiger partial charge in [0.15, 0.2) is 17.6 Å². The van der Waals surface area contributed by atoms with Crippen LogP contribution in [0.1, 0.15) is 0 Å². The average Bonchev–Trinajstić information content (AvgIpc) is 2.75. The third-order valence-electron chi connectivity index (χ3n) is 2.93. The van der Waals surface area contributed by atoms with Gasteiger partial charge < -0.3 is 10.2 Å². The molecule has 9 heteroatoms. The summed E-state index contributed by atoms with van der Waals surface area (Å²) in [4.78, 5) is 10.2. The molecule has 3 N–H and O–H groups in total. The number of nitrogens with zero attached hydrogens (tertiary/aromatic N) is 5. The fourth-order valence-corrected chi connectivity index (χ4v) is 2.05. The molecule has 30 heavy (non-hydrogen) atoms. The van der Waals surface area contributed by atoms with Gasteiger partial charge in [-0.15, -0.1) is 0 Å². The summed E-state index contributed by atoms with van der Waals surface area (Å²) in [6.07, 6.45) is 5.55. The fourth-order valence-electron chi connectivity index (χ4n) is 1.71. The van der Waals surface area contributed by atoms with Crippen molar-refractivity contribution < 1.29 is 0 Å². The molecule has 0 amide bonds. The molecular weight excluding hydrogens is 396 g/mol. The van der Waals surface area contributed by atoms with Gasteiger partial charge in [0, 0.05) is 14.1 Å². The van der Waals surface area contributed by atoms with E-state index in [0.29, 0.717) is 11.1 Å². The van der Waals surface area contributed by atoms with Crippen LogP contribution in [0.25, 0.3) is 0 Å². The largest absolute Gasteiger partial charge is 0.348 e. The maximum atomic E-state index is 8.49. The normalized spacial score (nSPS) is 10.1. The van der Waals surface area contributed by atoms with Crippen LogP contribution in [0.15, 0.2) is 70.6 Å². The molecule has 0 aliphatic heterocycles. The number of aliphatic imine (C=N–C) groups is 2. The van der Waals surface area contributed by atoms with Crippen LogP contribution in [0.5, 0.6) is 0 Å². The molecule has 0 aromatic heterocycles. The Labute approximate surface area is 183 Å². The number of benzene rings is 2. The summed E-state index contributed by atoms with van der Waals surface area (Å²) >= 11 is 1.41. The highest BCUT2D eigenvalue weighted by molar-refractivity contribution is 8.13. The minimum atomic E-state index is 0.527. The lowest BCUT2D eigenvalue weighted by atomic mass is 10.3. The molecule has 0 heterocycles. The van der Waals surface area contributed by atoms with Crippen LogP contribution in [0, 0.1) is 22.9 Å². The highest BCUT2D eigenvalue weighted by Gasteiger charge is 1.99. The first-order valence-corrected chi connectivity index (χ1v) is 10.1. The van der Waals surface area contributed by atoms with Gasteiger partial charge >= 0.3 is 0 Å². The van der Waals surface area contributed by atoms with Gasteiger partial charge in [0.05, 0.1) is 11.4 Å². The van der Waals surface area contributed by atoms with Crippen molar-refractivity contribution in [1.82, 2.24) is 20.9 Å². The molecule has 2 aromatic rings. The first-order valence-electron chi connectivity index (χ1n) is 8.89. The monoisotopic (exact) mass is 424 g/mol. The van der Waals surface area contributed by atoms with E-state index < -0.39 is 0 Å². The van der Waals surface area contributed by atoms with Gasteiger partial charge in [-0.25, -0.2) is 9.98 Å². The summed E-state index contributed by atoms with van der Waals surface area (Å²) in [5.41, 5.74) is 1.66. The van der Waals surface area contributed by atoms with Crippen LogP contribution >= 0.6 is 11.8 Å². The molecule has 0 spiro atoms. The summed E-state index contributed by atoms with van der Waals surface area (Å²) in [6.45, 7) is 0. The molecule has 8 nitrogen and oxygen atoms in total. The van der Waals surface area contributed by atoms with Crippen molar-refractivity contribution in [2.24, 2.45) is 9.98 Å². The smallest absolute Gasteiger partial charge is 0.212 e. The van der Waals surface area contributed by atoms with Crippen molar-refractivity contribution in [1.29, 1.82) is 10.5 Å². The second-order valence-electron chi connectivity index (χ2n) is 5.60. The van der Waals surface area contributed by atoms with Gasteiger partial charge in [0.25, 0.3) is 0 Å². The topological polar surface area (TPSA) is 112 Å². The second kappa shape index (κ2) is 17.6. The number of amidine groups is 1. The number of nitriles is 2. The average molecular weight is 425 g/mol. The number of guanidine groups is 1. The Kier molecular flexibility index (Phi) is 15.5. The van der Waals surface area contributed by atoms with Crippen molar-refractivity contribution >= 4 is 34.3 Å². The Hall–Kier alpha value is -3.53. The standard InChI is InChI=1S/C10H12N4.C9H9N3S.C2H7N/c1-14(2)10(12-8-11)13-9-6-4-3-5-7-9;1-13-9(11-7-10)12-8-5-3-2-4-6-8;1-3-2/h3-7H,1-2H3,(H,12,13);2-6H,1H3,(H,11,12);3H,1-2H3. The Morgan fingerprint density at radius 3 is 1.63 bits per heavy atom. The van der Waals surface area contributed by atoms with E-state index in [1.807, 2.05) is 107 Å². The lowest BCUT2D eigenvalue weighted by Gasteiger charge is -2.12. The third kappa shape index (κ3) is 12.8. The maximum Gasteiger partial charge on any atom is 0.212 e. The van der Waals surface area contributed by atoms with E-state index in [1.54, 1.807) is 4.90 Å². The van der Waals surface area contributed by atoms with E-state index in [0.717, 1.165) is 11.4 Å². The first-order chi connectivity index (χ1) is 14.5. The number of nitrogens with one attached hydrogen (secondary N) is 3. The summed E-state index contributed by atoms with van der Waals surface area (Å²) in [5, 5.41) is 25.3. The van der Waals surface area contributed by atoms with Crippen molar-refractivity contribution in [3.8, 4) is 12.4 Å². The minimum absolute atomic E-state index is 0.527. The van der Waals surface area contributed by atoms with Gasteiger partial charge in [-0.2, -0.15) is 10.5 Å². The minimum Gasteiger partial charge on any atom is -0.348 e. The van der Waals surface area contributed by atoms with Crippen LogP contribution in [0.3, 0.4) is 0 Å². The van der Waals surface area contributed by atoms with E-state index in [-0.39, 0.29) is 0 Å². The predicted octanol–water partition coefficient (Wildman–Crippen LogP) is 3.25. The number of hydrogen-bond donors (Lipinski definition) is 3. The van der Waals surface area contributed by atoms with Gasteiger partial charge in [-0.3, -0.25) is 10.6 Å². The molecule has 0 unspecified atom stereocenters. The number of para-hydroxylation sites is 2. The molecule has 2 rings (SSSR count). The molecular formula is C21H28N8S. The highest BCUT2D eigenvalue weighted by Crippen LogP contribution is 2.12. The van der Waals surface area contributed by atoms with E-state index in [2.05, 4.69) is 25.9 Å². The molecule has 0 fully saturated rings. The fraction of sp³-hybridized carbons (Fsp3) is 0.238. The first kappa shape index (κ1) is 26.5. The molecule has 0 bridgehead atoms. The van der Waals surface area contributed by atoms with Gasteiger partial charge in [-0.1, -0.05) is 48.2 Å². The van der Waals surface area contributed by atoms with Crippen molar-refractivity contribution in [2.45, 2.75) is 0 Å². The summed E-state index contributed by atoms with van der Waals surface area (Å²) in [6, 6.07) is 19.0. The molecule has 0 aliphatic carbocycles. The summed E-state index contributed by atoms with van der Waals surface area (Å²) < 4.78 is 0. The quantitative estimate of drug-likeness (QED) is 0.294. The number of rotatable bonds is 2. The van der Waals surface area contributed by atoms with Crippen molar-refractivity contribution in [3.63, 3.8) is 0 Å². The van der Waals surface area contributed by atoms with Crippen LogP contribution in [0.4, 0.5) is 11.4 Å². The molecule has 158 valence electrons. The molecule has 2 aromatic carbocycles. The second-order valence-corrected chi connectivity index (χ2v) is 6.39. The van der Waals surface area contributed by atoms with Crippen LogP contribution in [0.2, 0.25) is 0 Å². The number of thioether (sulfide) groups is 1. The molecule has 0 saturated heterocycles. The summed E-state index contributed by atoms with van der Waals surface area (Å²) in [5.74, 6) is 0.527. The van der Waals surface area contributed by atoms with Crippen LogP contribution < -0.4 is 16.0 Å². The lowest BCUT2D eigenvalue weighted by molar-refractivity contribution is 0.603. The zero-order chi connectivity index (χ0) is 22.6. The Bertz CT molecular complexity index is 837. The summed E-state index contributed by atoms with van der Waals surface area (Å²) in [7, 11) is 7.40. The molecule has 0 atom stereocenters. The van der Waals surface area contributed by atoms with E-state index in [9.17, 15) is 0 Å². The van der Waals surface area contributed by atoms with E-state index in [4.69, 9.17) is 10.5 Å². The SMILES string of the molecule is CN(C)C(=Nc1ccccc1)NC#N.CNC.CSC(=Nc1ccccc1)NC#N. The third-order valence-corrected chi connectivity index (χ3v) is 3.51. The van der Waals surface area contributed by atoms with Crippen molar-refractivity contribution in [3.05, 3.63) is 60.7 Å². The van der Waals surface area contributed by atoms with E-state index >= 15 is 0 Å². The Balaban J connectivity index is 0.000000497. The Morgan fingerprint density at radius 1 is 0.833 bits per heavy atom. The molecule has 0 aliphatic rings. The lowest BCUT2D eigenvalue weighted by Crippen LogP contribution is -2.32. The Morgan fingerprint density at radius 2 is 1.27 bits per heavy atom. The van der Waals surface area contributed by atoms with Crippen molar-refractivity contribution in [2.75, 3.05) is 34.4 Å². The highest BCUT2D eigenvalue weighted by atomic mass is 32.2. The number of hydrogen-bond acceptors (Lipinski definition) is 6. The molecule has 0 radical (unpaired) electrons. The zero-order valence-electron chi connectivity index (χ0n) is 17.9. The maximum absolute atomic E-state index is 8.49. The van der Waals surface area contributed by atoms with Gasteiger partial charge in [0.2, 0.25) is 5.96 Å². The van der Waals surface area contributed by atoms with Crippen LogP contribution in [-0.2, 0) is 0 Å². The van der Waals surface area contributed by atoms with E-state index in [1.165, 1.54) is 11.8 Å². The van der Waals surface area contributed by atoms with Gasteiger partial charge in [-0.05, 0) is 44.6 Å². The zero-order valence-corrected chi connectivity index (χ0v) is 18.7. The predicted molar refractivity (Wildman–Crippen MR) is 127 cm³/mol. The van der Waals surface area contributed by atoms with Gasteiger partial charge in [0.1, 0.15) is 0 Å². The molecule has 0 saturated carbocycles.